The van der Waals surface area contributed by atoms with Crippen molar-refractivity contribution >= 4 is 11.3 Å². The summed E-state index contributed by atoms with van der Waals surface area (Å²) in [4.78, 5) is 0. The third kappa shape index (κ3) is 3.70. The summed E-state index contributed by atoms with van der Waals surface area (Å²) in [7, 11) is 5.87. The van der Waals surface area contributed by atoms with E-state index in [4.69, 9.17) is 4.74 Å². The third-order valence-electron chi connectivity index (χ3n) is 4.70. The van der Waals surface area contributed by atoms with Crippen LogP contribution in [-0.4, -0.2) is 31.5 Å². The van der Waals surface area contributed by atoms with E-state index in [-0.39, 0.29) is 0 Å². The SMILES string of the molecule is CCC1=CC(=[N+](C)C)C=C/C1=C(/c1ccccc1)c1ccc(OC)cc1. The average Bonchev–Trinajstić information content (AvgIpc) is 2.69. The van der Waals surface area contributed by atoms with Crippen molar-refractivity contribution in [2.75, 3.05) is 21.2 Å². The Morgan fingerprint density at radius 3 is 2.12 bits per heavy atom. The molecule has 0 saturated carbocycles. The van der Waals surface area contributed by atoms with Crippen LogP contribution in [0.4, 0.5) is 0 Å². The van der Waals surface area contributed by atoms with Crippen molar-refractivity contribution in [1.82, 2.24) is 0 Å². The topological polar surface area (TPSA) is 12.2 Å². The minimum atomic E-state index is 0.875. The van der Waals surface area contributed by atoms with Crippen molar-refractivity contribution in [3.05, 3.63) is 95.1 Å². The van der Waals surface area contributed by atoms with E-state index in [9.17, 15) is 0 Å². The van der Waals surface area contributed by atoms with Crippen molar-refractivity contribution in [1.29, 1.82) is 0 Å². The van der Waals surface area contributed by atoms with Gasteiger partial charge >= 0.3 is 0 Å². The van der Waals surface area contributed by atoms with E-state index in [0.717, 1.165) is 12.2 Å². The van der Waals surface area contributed by atoms with Crippen LogP contribution >= 0.6 is 0 Å². The number of methoxy groups -OCH3 is 1. The molecule has 1 aliphatic carbocycles. The van der Waals surface area contributed by atoms with Crippen molar-refractivity contribution in [2.45, 2.75) is 13.3 Å². The highest BCUT2D eigenvalue weighted by Gasteiger charge is 2.18. The van der Waals surface area contributed by atoms with Crippen LogP contribution in [0.15, 0.2) is 84.0 Å². The molecule has 0 aromatic heterocycles. The predicted molar refractivity (Wildman–Crippen MR) is 110 cm³/mol. The number of hydrogen-bond donors (Lipinski definition) is 0. The van der Waals surface area contributed by atoms with Crippen molar-refractivity contribution < 1.29 is 9.31 Å². The Hall–Kier alpha value is -2.87. The molecular formula is C24H26NO+. The molecule has 0 spiro atoms. The molecule has 2 aromatic rings. The van der Waals surface area contributed by atoms with Crippen LogP contribution in [0.5, 0.6) is 5.75 Å². The van der Waals surface area contributed by atoms with Gasteiger partial charge < -0.3 is 4.74 Å². The van der Waals surface area contributed by atoms with Gasteiger partial charge in [-0.25, -0.2) is 4.58 Å². The number of rotatable bonds is 4. The molecule has 1 aliphatic rings. The van der Waals surface area contributed by atoms with Crippen LogP contribution in [0.2, 0.25) is 0 Å². The summed E-state index contributed by atoms with van der Waals surface area (Å²) in [5.41, 5.74) is 7.55. The second-order valence-corrected chi connectivity index (χ2v) is 6.56. The second kappa shape index (κ2) is 8.01. The molecule has 0 radical (unpaired) electrons. The first-order chi connectivity index (χ1) is 12.6. The maximum absolute atomic E-state index is 5.33. The molecule has 0 N–H and O–H groups in total. The molecule has 0 heterocycles. The zero-order valence-electron chi connectivity index (χ0n) is 16.0. The van der Waals surface area contributed by atoms with E-state index in [0.29, 0.717) is 0 Å². The minimum absolute atomic E-state index is 0.875. The summed E-state index contributed by atoms with van der Waals surface area (Å²) in [5.74, 6) is 0.875. The van der Waals surface area contributed by atoms with E-state index < -0.39 is 0 Å². The van der Waals surface area contributed by atoms with Crippen LogP contribution in [-0.2, 0) is 0 Å². The van der Waals surface area contributed by atoms with E-state index in [1.54, 1.807) is 7.11 Å². The lowest BCUT2D eigenvalue weighted by molar-refractivity contribution is -0.462. The van der Waals surface area contributed by atoms with Gasteiger partial charge in [-0.1, -0.05) is 49.4 Å². The van der Waals surface area contributed by atoms with Gasteiger partial charge in [-0.2, -0.15) is 0 Å². The summed E-state index contributed by atoms with van der Waals surface area (Å²) >= 11 is 0. The first-order valence-electron chi connectivity index (χ1n) is 9.01. The zero-order chi connectivity index (χ0) is 18.5. The predicted octanol–water partition coefficient (Wildman–Crippen LogP) is 5.12. The van der Waals surface area contributed by atoms with Crippen LogP contribution in [0, 0.1) is 0 Å². The van der Waals surface area contributed by atoms with Gasteiger partial charge in [0.2, 0.25) is 0 Å². The summed E-state index contributed by atoms with van der Waals surface area (Å²) in [6, 6.07) is 18.9. The first kappa shape index (κ1) is 17.9. The Morgan fingerprint density at radius 2 is 1.54 bits per heavy atom. The lowest BCUT2D eigenvalue weighted by Gasteiger charge is -2.18. The number of nitrogens with zero attached hydrogens (tertiary/aromatic N) is 1. The highest BCUT2D eigenvalue weighted by molar-refractivity contribution is 6.05. The molecule has 26 heavy (non-hydrogen) atoms. The zero-order valence-corrected chi connectivity index (χ0v) is 16.0. The van der Waals surface area contributed by atoms with Gasteiger partial charge in [-0.3, -0.25) is 0 Å². The molecule has 2 heteroatoms. The Bertz CT molecular complexity index is 893. The number of hydrogen-bond acceptors (Lipinski definition) is 1. The molecular weight excluding hydrogens is 318 g/mol. The first-order valence-corrected chi connectivity index (χ1v) is 9.01. The minimum Gasteiger partial charge on any atom is -0.497 e. The Labute approximate surface area is 156 Å². The summed E-state index contributed by atoms with van der Waals surface area (Å²) in [6.45, 7) is 2.22. The van der Waals surface area contributed by atoms with Crippen LogP contribution in [0.1, 0.15) is 24.5 Å². The van der Waals surface area contributed by atoms with Crippen molar-refractivity contribution in [3.8, 4) is 5.75 Å². The van der Waals surface area contributed by atoms with Gasteiger partial charge in [-0.05, 0) is 52.5 Å². The second-order valence-electron chi connectivity index (χ2n) is 6.56. The fraction of sp³-hybridized carbons (Fsp3) is 0.208. The number of ether oxygens (including phenoxy) is 1. The Kier molecular flexibility index (Phi) is 5.52. The third-order valence-corrected chi connectivity index (χ3v) is 4.70. The van der Waals surface area contributed by atoms with Crippen LogP contribution in [0.25, 0.3) is 5.57 Å². The fourth-order valence-corrected chi connectivity index (χ4v) is 3.23. The quantitative estimate of drug-likeness (QED) is 0.702. The largest absolute Gasteiger partial charge is 0.497 e. The van der Waals surface area contributed by atoms with Crippen LogP contribution < -0.4 is 4.74 Å². The lowest BCUT2D eigenvalue weighted by Crippen LogP contribution is -2.12. The molecule has 0 unspecified atom stereocenters. The van der Waals surface area contributed by atoms with Gasteiger partial charge in [-0.15, -0.1) is 0 Å². The molecule has 0 aliphatic heterocycles. The fourth-order valence-electron chi connectivity index (χ4n) is 3.23. The maximum Gasteiger partial charge on any atom is 0.199 e. The molecule has 132 valence electrons. The smallest absolute Gasteiger partial charge is 0.199 e. The monoisotopic (exact) mass is 344 g/mol. The highest BCUT2D eigenvalue weighted by Crippen LogP contribution is 2.34. The molecule has 0 amide bonds. The maximum atomic E-state index is 5.33. The number of allylic oxidation sites excluding steroid dienone is 5. The normalized spacial score (nSPS) is 15.5. The molecule has 3 rings (SSSR count). The Morgan fingerprint density at radius 1 is 0.885 bits per heavy atom. The lowest BCUT2D eigenvalue weighted by atomic mass is 9.85. The van der Waals surface area contributed by atoms with Crippen LogP contribution in [0.3, 0.4) is 0 Å². The molecule has 2 nitrogen and oxygen atoms in total. The summed E-state index contributed by atoms with van der Waals surface area (Å²) in [5, 5.41) is 0. The van der Waals surface area contributed by atoms with Crippen molar-refractivity contribution in [3.63, 3.8) is 0 Å². The van der Waals surface area contributed by atoms with Gasteiger partial charge in [0.15, 0.2) is 5.71 Å². The standard InChI is InChI=1S/C24H26NO/c1-5-18-17-21(25(2)3)13-16-23(18)24(19-9-7-6-8-10-19)20-11-14-22(26-4)15-12-20/h6-17H,5H2,1-4H3/q+1/b24-23+. The van der Waals surface area contributed by atoms with Gasteiger partial charge in [0, 0.05) is 12.2 Å². The Balaban J connectivity index is 2.23. The molecule has 0 bridgehead atoms. The highest BCUT2D eigenvalue weighted by atomic mass is 16.5. The molecule has 0 fully saturated rings. The molecule has 0 atom stereocenters. The molecule has 0 saturated heterocycles. The van der Waals surface area contributed by atoms with Gasteiger partial charge in [0.1, 0.15) is 19.8 Å². The molecule has 2 aromatic carbocycles. The van der Waals surface area contributed by atoms with E-state index in [1.165, 1.54) is 33.6 Å². The number of benzene rings is 2. The summed E-state index contributed by atoms with van der Waals surface area (Å²) in [6.07, 6.45) is 7.73. The van der Waals surface area contributed by atoms with Gasteiger partial charge in [0.05, 0.1) is 7.11 Å². The van der Waals surface area contributed by atoms with E-state index in [2.05, 4.69) is 86.3 Å². The average molecular weight is 344 g/mol. The van der Waals surface area contributed by atoms with E-state index >= 15 is 0 Å². The van der Waals surface area contributed by atoms with Gasteiger partial charge in [0.25, 0.3) is 0 Å². The van der Waals surface area contributed by atoms with Crippen molar-refractivity contribution in [2.24, 2.45) is 0 Å². The summed E-state index contributed by atoms with van der Waals surface area (Å²) < 4.78 is 7.48. The van der Waals surface area contributed by atoms with E-state index in [1.807, 2.05) is 12.1 Å².